The van der Waals surface area contributed by atoms with Crippen molar-refractivity contribution in [1.82, 2.24) is 4.90 Å². The van der Waals surface area contributed by atoms with Crippen LogP contribution >= 0.6 is 0 Å². The van der Waals surface area contributed by atoms with Crippen molar-refractivity contribution in [2.24, 2.45) is 5.92 Å². The van der Waals surface area contributed by atoms with Gasteiger partial charge in [0.2, 0.25) is 5.91 Å². The van der Waals surface area contributed by atoms with Gasteiger partial charge in [-0.3, -0.25) is 4.79 Å². The third-order valence-electron chi connectivity index (χ3n) is 7.88. The molecule has 0 radical (unpaired) electrons. The van der Waals surface area contributed by atoms with Crippen LogP contribution in [-0.4, -0.2) is 23.9 Å². The second-order valence-electron chi connectivity index (χ2n) is 11.8. The van der Waals surface area contributed by atoms with E-state index in [9.17, 15) is 4.79 Å². The summed E-state index contributed by atoms with van der Waals surface area (Å²) in [6, 6.07) is 0. The molecule has 0 unspecified atom stereocenters. The smallest absolute Gasteiger partial charge is 0.222 e. The molecular weight excluding hydrogens is 414 g/mol. The third kappa shape index (κ3) is 20.8. The lowest BCUT2D eigenvalue weighted by molar-refractivity contribution is -0.130. The number of amides is 1. The van der Waals surface area contributed by atoms with Crippen molar-refractivity contribution in [3.8, 4) is 0 Å². The molecule has 0 N–H and O–H groups in total. The Bertz CT molecular complexity index is 427. The third-order valence-corrected chi connectivity index (χ3v) is 7.88. The molecule has 1 fully saturated rings. The second kappa shape index (κ2) is 24.2. The van der Waals surface area contributed by atoms with Crippen molar-refractivity contribution < 1.29 is 4.79 Å². The fourth-order valence-electron chi connectivity index (χ4n) is 5.49. The highest BCUT2D eigenvalue weighted by molar-refractivity contribution is 5.76. The average molecular weight is 478 g/mol. The maximum atomic E-state index is 12.0. The molecule has 2 nitrogen and oxygen atoms in total. The Balaban J connectivity index is 1.64. The van der Waals surface area contributed by atoms with Gasteiger partial charge in [-0.1, -0.05) is 155 Å². The molecule has 0 bridgehead atoms. The number of carbonyl (C=O) groups excluding carboxylic acids is 1. The fraction of sp³-hybridized carbons (Fsp3) is 0.969. The zero-order valence-electron chi connectivity index (χ0n) is 23.7. The van der Waals surface area contributed by atoms with Crippen LogP contribution in [0.2, 0.25) is 0 Å². The van der Waals surface area contributed by atoms with Crippen LogP contribution in [0.4, 0.5) is 0 Å². The van der Waals surface area contributed by atoms with Crippen molar-refractivity contribution >= 4 is 5.91 Å². The Labute approximate surface area is 215 Å². The van der Waals surface area contributed by atoms with Gasteiger partial charge in [0.1, 0.15) is 0 Å². The molecule has 1 saturated heterocycles. The minimum absolute atomic E-state index is 0.408. The first-order chi connectivity index (χ1) is 16.7. The summed E-state index contributed by atoms with van der Waals surface area (Å²) in [6.07, 6.45) is 35.9. The van der Waals surface area contributed by atoms with Gasteiger partial charge in [0.25, 0.3) is 0 Å². The average Bonchev–Trinajstić information content (AvgIpc) is 3.37. The molecule has 1 aliphatic rings. The number of unbranched alkanes of at least 4 members (excludes halogenated alkanes) is 21. The lowest BCUT2D eigenvalue weighted by Gasteiger charge is -2.14. The Morgan fingerprint density at radius 2 is 0.794 bits per heavy atom. The quantitative estimate of drug-likeness (QED) is 0.120. The molecule has 1 amide bonds. The van der Waals surface area contributed by atoms with Crippen molar-refractivity contribution in [3.05, 3.63) is 0 Å². The normalized spacial score (nSPS) is 13.9. The predicted molar refractivity (Wildman–Crippen MR) is 151 cm³/mol. The van der Waals surface area contributed by atoms with Gasteiger partial charge in [0, 0.05) is 19.5 Å². The van der Waals surface area contributed by atoms with Crippen LogP contribution in [0.25, 0.3) is 0 Å². The van der Waals surface area contributed by atoms with Gasteiger partial charge in [-0.05, 0) is 25.2 Å². The minimum atomic E-state index is 0.408. The summed E-state index contributed by atoms with van der Waals surface area (Å²) in [5.74, 6) is 1.30. The molecule has 0 aromatic rings. The number of nitrogens with zero attached hydrogens (tertiary/aromatic N) is 1. The van der Waals surface area contributed by atoms with Gasteiger partial charge in [-0.15, -0.1) is 0 Å². The summed E-state index contributed by atoms with van der Waals surface area (Å²) in [6.45, 7) is 6.71. The maximum Gasteiger partial charge on any atom is 0.222 e. The first-order valence-electron chi connectivity index (χ1n) is 16.0. The van der Waals surface area contributed by atoms with Gasteiger partial charge in [-0.25, -0.2) is 0 Å². The topological polar surface area (TPSA) is 20.3 Å². The van der Waals surface area contributed by atoms with E-state index in [2.05, 4.69) is 18.7 Å². The van der Waals surface area contributed by atoms with Crippen molar-refractivity contribution in [2.45, 2.75) is 181 Å². The predicted octanol–water partition coefficient (Wildman–Crippen LogP) is 10.6. The summed E-state index contributed by atoms with van der Waals surface area (Å²) in [5, 5.41) is 0. The van der Waals surface area contributed by atoms with Gasteiger partial charge in [0.15, 0.2) is 0 Å². The number of likely N-dealkylation sites (tertiary alicyclic amines) is 1. The molecule has 0 aliphatic carbocycles. The van der Waals surface area contributed by atoms with Gasteiger partial charge < -0.3 is 4.90 Å². The second-order valence-corrected chi connectivity index (χ2v) is 11.8. The summed E-state index contributed by atoms with van der Waals surface area (Å²) in [5.41, 5.74) is 0. The fourth-order valence-corrected chi connectivity index (χ4v) is 5.49. The summed E-state index contributed by atoms with van der Waals surface area (Å²) < 4.78 is 0. The van der Waals surface area contributed by atoms with Crippen LogP contribution in [0.3, 0.4) is 0 Å². The van der Waals surface area contributed by atoms with E-state index >= 15 is 0 Å². The molecule has 202 valence electrons. The Morgan fingerprint density at radius 3 is 1.12 bits per heavy atom. The van der Waals surface area contributed by atoms with E-state index in [1.165, 1.54) is 154 Å². The zero-order valence-corrected chi connectivity index (χ0v) is 23.7. The maximum absolute atomic E-state index is 12.0. The first kappa shape index (κ1) is 31.5. The van der Waals surface area contributed by atoms with Crippen LogP contribution in [-0.2, 0) is 4.79 Å². The van der Waals surface area contributed by atoms with Crippen LogP contribution in [0.5, 0.6) is 0 Å². The lowest BCUT2D eigenvalue weighted by Crippen LogP contribution is -2.27. The summed E-state index contributed by atoms with van der Waals surface area (Å²) >= 11 is 0. The molecule has 0 aromatic heterocycles. The number of rotatable bonds is 25. The van der Waals surface area contributed by atoms with E-state index in [4.69, 9.17) is 0 Å². The Hall–Kier alpha value is -0.530. The number of hydrogen-bond acceptors (Lipinski definition) is 1. The van der Waals surface area contributed by atoms with E-state index in [0.717, 1.165) is 31.8 Å². The van der Waals surface area contributed by atoms with Crippen molar-refractivity contribution in [3.63, 3.8) is 0 Å². The number of hydrogen-bond donors (Lipinski definition) is 0. The molecule has 2 heteroatoms. The van der Waals surface area contributed by atoms with E-state index in [1.54, 1.807) is 0 Å². The Kier molecular flexibility index (Phi) is 22.4. The molecular formula is C32H63NO. The standard InChI is InChI=1S/C32H63NO/c1-31(2)27-23-21-19-17-15-13-11-9-7-5-3-4-6-8-10-12-14-16-18-20-22-24-28-32(34)33-29-25-26-30-33/h31H,3-30H2,1-2H3. The highest BCUT2D eigenvalue weighted by Gasteiger charge is 2.16. The molecule has 34 heavy (non-hydrogen) atoms. The van der Waals surface area contributed by atoms with Gasteiger partial charge >= 0.3 is 0 Å². The SMILES string of the molecule is CC(C)CCCCCCCCCCCCCCCCCCCCCCCCC(=O)N1CCCC1. The molecule has 0 saturated carbocycles. The van der Waals surface area contributed by atoms with E-state index in [-0.39, 0.29) is 0 Å². The molecule has 1 rings (SSSR count). The first-order valence-corrected chi connectivity index (χ1v) is 16.0. The van der Waals surface area contributed by atoms with Crippen molar-refractivity contribution in [1.29, 1.82) is 0 Å². The van der Waals surface area contributed by atoms with Gasteiger partial charge in [0.05, 0.1) is 0 Å². The monoisotopic (exact) mass is 477 g/mol. The zero-order chi connectivity index (χ0) is 24.5. The van der Waals surface area contributed by atoms with Gasteiger partial charge in [-0.2, -0.15) is 0 Å². The minimum Gasteiger partial charge on any atom is -0.343 e. The van der Waals surface area contributed by atoms with Crippen LogP contribution in [0.1, 0.15) is 181 Å². The molecule has 0 aromatic carbocycles. The molecule has 0 atom stereocenters. The van der Waals surface area contributed by atoms with E-state index in [1.807, 2.05) is 0 Å². The van der Waals surface area contributed by atoms with Crippen LogP contribution < -0.4 is 0 Å². The largest absolute Gasteiger partial charge is 0.343 e. The van der Waals surface area contributed by atoms with Crippen LogP contribution in [0, 0.1) is 5.92 Å². The summed E-state index contributed by atoms with van der Waals surface area (Å²) in [7, 11) is 0. The highest BCUT2D eigenvalue weighted by Crippen LogP contribution is 2.17. The van der Waals surface area contributed by atoms with Crippen molar-refractivity contribution in [2.75, 3.05) is 13.1 Å². The molecule has 1 aliphatic heterocycles. The van der Waals surface area contributed by atoms with E-state index in [0.29, 0.717) is 5.91 Å². The highest BCUT2D eigenvalue weighted by atomic mass is 16.2. The number of carbonyl (C=O) groups is 1. The lowest BCUT2D eigenvalue weighted by atomic mass is 10.0. The van der Waals surface area contributed by atoms with Crippen LogP contribution in [0.15, 0.2) is 0 Å². The Morgan fingerprint density at radius 1 is 0.500 bits per heavy atom. The summed E-state index contributed by atoms with van der Waals surface area (Å²) in [4.78, 5) is 14.1. The molecule has 0 spiro atoms. The van der Waals surface area contributed by atoms with E-state index < -0.39 is 0 Å². The molecule has 1 heterocycles.